The lowest BCUT2D eigenvalue weighted by Crippen LogP contribution is -2.50. The molecule has 0 spiro atoms. The Kier molecular flexibility index (Phi) is 6.21. The summed E-state index contributed by atoms with van der Waals surface area (Å²) in [6.45, 7) is 5.31. The highest BCUT2D eigenvalue weighted by atomic mass is 32.2. The summed E-state index contributed by atoms with van der Waals surface area (Å²) in [4.78, 5) is 22.7. The molecule has 32 heavy (non-hydrogen) atoms. The summed E-state index contributed by atoms with van der Waals surface area (Å²) in [6, 6.07) is 20.9. The van der Waals surface area contributed by atoms with Crippen molar-refractivity contribution in [2.75, 3.05) is 31.1 Å². The second-order valence-electron chi connectivity index (χ2n) is 8.57. The number of aromatic nitrogens is 2. The first-order valence-corrected chi connectivity index (χ1v) is 12.5. The third-order valence-corrected chi connectivity index (χ3v) is 7.50. The van der Waals surface area contributed by atoms with Crippen LogP contribution in [0.1, 0.15) is 31.2 Å². The van der Waals surface area contributed by atoms with Crippen molar-refractivity contribution < 1.29 is 4.79 Å². The number of hydrogen-bond donors (Lipinski definition) is 0. The Balaban J connectivity index is 1.30. The average Bonchev–Trinajstić information content (AvgIpc) is 3.22. The van der Waals surface area contributed by atoms with E-state index in [1.807, 2.05) is 24.0 Å². The molecule has 1 aliphatic heterocycles. The Bertz CT molecular complexity index is 1060. The van der Waals surface area contributed by atoms with Crippen LogP contribution in [0, 0.1) is 0 Å². The number of carbonyl (C=O) groups is 1. The Morgan fingerprint density at radius 2 is 1.50 bits per heavy atom. The fraction of sp³-hybridized carbons (Fsp3) is 0.385. The number of para-hydroxylation sites is 2. The van der Waals surface area contributed by atoms with Crippen molar-refractivity contribution in [2.45, 2.75) is 43.0 Å². The fourth-order valence-corrected chi connectivity index (χ4v) is 5.78. The normalized spacial score (nSPS) is 17.2. The van der Waals surface area contributed by atoms with Gasteiger partial charge in [-0.2, -0.15) is 0 Å². The molecular weight excluding hydrogens is 416 g/mol. The highest BCUT2D eigenvalue weighted by Crippen LogP contribution is 2.33. The van der Waals surface area contributed by atoms with Gasteiger partial charge in [-0.3, -0.25) is 9.36 Å². The van der Waals surface area contributed by atoms with Gasteiger partial charge in [0, 0.05) is 43.2 Å². The number of fused-ring (bicyclic) bond motifs is 1. The second kappa shape index (κ2) is 9.41. The molecule has 0 bridgehead atoms. The molecule has 1 atom stereocenters. The number of benzene rings is 2. The summed E-state index contributed by atoms with van der Waals surface area (Å²) < 4.78 is 2.29. The van der Waals surface area contributed by atoms with Crippen LogP contribution < -0.4 is 4.90 Å². The molecule has 0 radical (unpaired) electrons. The number of imidazole rings is 1. The van der Waals surface area contributed by atoms with Gasteiger partial charge in [-0.15, -0.1) is 0 Å². The van der Waals surface area contributed by atoms with E-state index in [-0.39, 0.29) is 11.2 Å². The number of hydrogen-bond acceptors (Lipinski definition) is 4. The molecule has 1 unspecified atom stereocenters. The van der Waals surface area contributed by atoms with E-state index in [0.717, 1.165) is 49.9 Å². The lowest BCUT2D eigenvalue weighted by atomic mass is 10.0. The van der Waals surface area contributed by atoms with Gasteiger partial charge in [0.25, 0.3) is 0 Å². The molecule has 1 amide bonds. The first kappa shape index (κ1) is 21.1. The number of nitrogens with zero attached hydrogens (tertiary/aromatic N) is 4. The third-order valence-electron chi connectivity index (χ3n) is 6.46. The highest BCUT2D eigenvalue weighted by Gasteiger charge is 2.28. The van der Waals surface area contributed by atoms with Crippen LogP contribution in [0.15, 0.2) is 65.8 Å². The van der Waals surface area contributed by atoms with E-state index in [9.17, 15) is 4.79 Å². The minimum absolute atomic E-state index is 0.162. The molecule has 2 aromatic carbocycles. The molecule has 6 heteroatoms. The topological polar surface area (TPSA) is 41.4 Å². The van der Waals surface area contributed by atoms with E-state index >= 15 is 0 Å². The zero-order valence-electron chi connectivity index (χ0n) is 18.6. The van der Waals surface area contributed by atoms with Crippen molar-refractivity contribution in [3.05, 3.63) is 72.1 Å². The van der Waals surface area contributed by atoms with Gasteiger partial charge in [0.15, 0.2) is 5.16 Å². The number of thioether (sulfide) groups is 1. The summed E-state index contributed by atoms with van der Waals surface area (Å²) in [5, 5.41) is 0.788. The molecule has 166 valence electrons. The smallest absolute Gasteiger partial charge is 0.236 e. The SMILES string of the molecule is CC(Sc1nc2c(n1-c1ccccc1)CCCC2)C(=O)N1CCN(c2ccccc2)CC1. The van der Waals surface area contributed by atoms with E-state index in [4.69, 9.17) is 4.98 Å². The lowest BCUT2D eigenvalue weighted by Gasteiger charge is -2.37. The average molecular weight is 447 g/mol. The molecule has 2 aliphatic rings. The van der Waals surface area contributed by atoms with Crippen LogP contribution in [0.25, 0.3) is 5.69 Å². The van der Waals surface area contributed by atoms with Crippen LogP contribution in [0.3, 0.4) is 0 Å². The van der Waals surface area contributed by atoms with Gasteiger partial charge in [0.2, 0.25) is 5.91 Å². The summed E-state index contributed by atoms with van der Waals surface area (Å²) >= 11 is 1.60. The monoisotopic (exact) mass is 446 g/mol. The molecule has 2 heterocycles. The van der Waals surface area contributed by atoms with E-state index in [2.05, 4.69) is 58.0 Å². The molecular formula is C26H30N4OS. The number of carbonyl (C=O) groups excluding carboxylic acids is 1. The van der Waals surface area contributed by atoms with Crippen molar-refractivity contribution >= 4 is 23.4 Å². The first-order chi connectivity index (χ1) is 15.7. The summed E-state index contributed by atoms with van der Waals surface area (Å²) in [7, 11) is 0. The molecule has 1 saturated heterocycles. The molecule has 5 rings (SSSR count). The maximum Gasteiger partial charge on any atom is 0.236 e. The Morgan fingerprint density at radius 3 is 2.19 bits per heavy atom. The van der Waals surface area contributed by atoms with Gasteiger partial charge >= 0.3 is 0 Å². The van der Waals surface area contributed by atoms with Gasteiger partial charge < -0.3 is 9.80 Å². The van der Waals surface area contributed by atoms with Crippen molar-refractivity contribution in [2.24, 2.45) is 0 Å². The van der Waals surface area contributed by atoms with Crippen LogP contribution in [0.5, 0.6) is 0 Å². The van der Waals surface area contributed by atoms with Crippen LogP contribution in [-0.2, 0) is 17.6 Å². The number of anilines is 1. The van der Waals surface area contributed by atoms with Gasteiger partial charge in [-0.1, -0.05) is 48.2 Å². The Labute approximate surface area is 194 Å². The van der Waals surface area contributed by atoms with Crippen molar-refractivity contribution in [1.29, 1.82) is 0 Å². The molecule has 3 aromatic rings. The predicted octanol–water partition coefficient (Wildman–Crippen LogP) is 4.58. The zero-order valence-corrected chi connectivity index (χ0v) is 19.4. The number of aryl methyl sites for hydroxylation is 1. The standard InChI is InChI=1S/C26H30N4OS/c1-20(25(31)29-18-16-28(17-19-29)21-10-4-2-5-11-21)32-26-27-23-14-8-9-15-24(23)30(26)22-12-6-3-7-13-22/h2-7,10-13,20H,8-9,14-19H2,1H3. The zero-order chi connectivity index (χ0) is 21.9. The molecule has 0 N–H and O–H groups in total. The van der Waals surface area contributed by atoms with Crippen molar-refractivity contribution in [3.8, 4) is 5.69 Å². The van der Waals surface area contributed by atoms with E-state index in [1.54, 1.807) is 11.8 Å². The lowest BCUT2D eigenvalue weighted by molar-refractivity contribution is -0.130. The number of rotatable bonds is 5. The van der Waals surface area contributed by atoms with Gasteiger partial charge in [0.05, 0.1) is 10.9 Å². The maximum atomic E-state index is 13.3. The Morgan fingerprint density at radius 1 is 0.875 bits per heavy atom. The van der Waals surface area contributed by atoms with Gasteiger partial charge in [-0.25, -0.2) is 4.98 Å². The largest absolute Gasteiger partial charge is 0.368 e. The number of amides is 1. The van der Waals surface area contributed by atoms with E-state index in [0.29, 0.717) is 0 Å². The minimum Gasteiger partial charge on any atom is -0.368 e. The predicted molar refractivity (Wildman–Crippen MR) is 131 cm³/mol. The first-order valence-electron chi connectivity index (χ1n) is 11.6. The summed E-state index contributed by atoms with van der Waals surface area (Å²) in [5.41, 5.74) is 4.90. The van der Waals surface area contributed by atoms with Crippen molar-refractivity contribution in [1.82, 2.24) is 14.5 Å². The van der Waals surface area contributed by atoms with E-state index < -0.39 is 0 Å². The van der Waals surface area contributed by atoms with Gasteiger partial charge in [-0.05, 0) is 56.9 Å². The quantitative estimate of drug-likeness (QED) is 0.538. The minimum atomic E-state index is -0.162. The van der Waals surface area contributed by atoms with E-state index in [1.165, 1.54) is 29.9 Å². The highest BCUT2D eigenvalue weighted by molar-refractivity contribution is 8.00. The molecule has 1 aromatic heterocycles. The van der Waals surface area contributed by atoms with Crippen LogP contribution >= 0.6 is 11.8 Å². The molecule has 1 aliphatic carbocycles. The van der Waals surface area contributed by atoms with Crippen LogP contribution in [0.2, 0.25) is 0 Å². The van der Waals surface area contributed by atoms with Crippen LogP contribution in [0.4, 0.5) is 5.69 Å². The molecule has 0 saturated carbocycles. The number of piperazine rings is 1. The second-order valence-corrected chi connectivity index (χ2v) is 9.88. The maximum absolute atomic E-state index is 13.3. The van der Waals surface area contributed by atoms with Crippen molar-refractivity contribution in [3.63, 3.8) is 0 Å². The summed E-state index contributed by atoms with van der Waals surface area (Å²) in [5.74, 6) is 0.211. The Hall–Kier alpha value is -2.73. The molecule has 1 fully saturated rings. The molecule has 5 nitrogen and oxygen atoms in total. The fourth-order valence-electron chi connectivity index (χ4n) is 4.73. The summed E-state index contributed by atoms with van der Waals surface area (Å²) in [6.07, 6.45) is 4.49. The van der Waals surface area contributed by atoms with Gasteiger partial charge in [0.1, 0.15) is 0 Å². The third kappa shape index (κ3) is 4.29. The van der Waals surface area contributed by atoms with Crippen LogP contribution in [-0.4, -0.2) is 51.8 Å².